The van der Waals surface area contributed by atoms with Gasteiger partial charge in [0.2, 0.25) is 0 Å². The van der Waals surface area contributed by atoms with Crippen molar-refractivity contribution < 1.29 is 13.2 Å². The fourth-order valence-electron chi connectivity index (χ4n) is 3.39. The fourth-order valence-corrected chi connectivity index (χ4v) is 6.51. The highest BCUT2D eigenvalue weighted by atomic mass is 32.2. The molecule has 1 aromatic carbocycles. The second-order valence-electron chi connectivity index (χ2n) is 7.05. The molecule has 146 valence electrons. The van der Waals surface area contributed by atoms with Gasteiger partial charge < -0.3 is 10.2 Å². The largest absolute Gasteiger partial charge is 0.336 e. The van der Waals surface area contributed by atoms with Crippen LogP contribution in [0, 0.1) is 13.8 Å². The van der Waals surface area contributed by atoms with Crippen LogP contribution in [0.25, 0.3) is 0 Å². The Balaban J connectivity index is 1.85. The highest BCUT2D eigenvalue weighted by molar-refractivity contribution is 7.92. The van der Waals surface area contributed by atoms with Gasteiger partial charge in [0, 0.05) is 24.5 Å². The van der Waals surface area contributed by atoms with Crippen molar-refractivity contribution in [1.82, 2.24) is 10.2 Å². The Morgan fingerprint density at radius 1 is 1.19 bits per heavy atom. The fraction of sp³-hybridized carbons (Fsp3) is 0.450. The summed E-state index contributed by atoms with van der Waals surface area (Å²) >= 11 is 1.41. The molecule has 3 rings (SSSR count). The van der Waals surface area contributed by atoms with Crippen molar-refractivity contribution >= 4 is 27.2 Å². The maximum atomic E-state index is 13.4. The van der Waals surface area contributed by atoms with Crippen LogP contribution < -0.4 is 5.32 Å². The quantitative estimate of drug-likeness (QED) is 0.814. The van der Waals surface area contributed by atoms with E-state index in [9.17, 15) is 13.2 Å². The van der Waals surface area contributed by atoms with E-state index in [1.54, 1.807) is 11.0 Å². The number of rotatable bonds is 5. The molecule has 2 aromatic rings. The summed E-state index contributed by atoms with van der Waals surface area (Å²) < 4.78 is 26.9. The lowest BCUT2D eigenvalue weighted by molar-refractivity contribution is 0.186. The summed E-state index contributed by atoms with van der Waals surface area (Å²) in [5.41, 5.74) is 1.63. The molecule has 2 amide bonds. The molecule has 2 heterocycles. The first-order valence-corrected chi connectivity index (χ1v) is 11.7. The summed E-state index contributed by atoms with van der Waals surface area (Å²) in [7, 11) is -3.63. The highest BCUT2D eigenvalue weighted by Gasteiger charge is 2.32. The number of nitrogens with zero attached hydrogens (tertiary/aromatic N) is 1. The second-order valence-corrected chi connectivity index (χ2v) is 10.1. The molecule has 0 bridgehead atoms. The minimum absolute atomic E-state index is 0.0750. The summed E-state index contributed by atoms with van der Waals surface area (Å²) in [5, 5.41) is 3.95. The molecular formula is C20H26N2O3S2. The van der Waals surface area contributed by atoms with E-state index in [1.165, 1.54) is 11.3 Å². The Bertz CT molecular complexity index is 886. The van der Waals surface area contributed by atoms with E-state index in [4.69, 9.17) is 0 Å². The lowest BCUT2D eigenvalue weighted by atomic mass is 10.1. The van der Waals surface area contributed by atoms with Crippen molar-refractivity contribution in [2.24, 2.45) is 0 Å². The minimum Gasteiger partial charge on any atom is -0.336 e. The summed E-state index contributed by atoms with van der Waals surface area (Å²) in [6, 6.07) is 8.96. The number of sulfone groups is 1. The van der Waals surface area contributed by atoms with Crippen molar-refractivity contribution in [2.45, 2.75) is 43.3 Å². The lowest BCUT2D eigenvalue weighted by Crippen LogP contribution is -2.44. The van der Waals surface area contributed by atoms with Gasteiger partial charge in [-0.1, -0.05) is 18.2 Å². The van der Waals surface area contributed by atoms with Gasteiger partial charge in [0.1, 0.15) is 5.25 Å². The maximum absolute atomic E-state index is 13.4. The number of likely N-dealkylation sites (tertiary alicyclic amines) is 1. The molecular weight excluding hydrogens is 380 g/mol. The van der Waals surface area contributed by atoms with Gasteiger partial charge in [0.15, 0.2) is 9.84 Å². The van der Waals surface area contributed by atoms with Gasteiger partial charge in [0.25, 0.3) is 0 Å². The Hall–Kier alpha value is -1.86. The predicted octanol–water partition coefficient (Wildman–Crippen LogP) is 4.08. The molecule has 5 nitrogen and oxygen atoms in total. The molecule has 1 fully saturated rings. The smallest absolute Gasteiger partial charge is 0.317 e. The Morgan fingerprint density at radius 2 is 1.93 bits per heavy atom. The average Bonchev–Trinajstić information content (AvgIpc) is 3.18. The van der Waals surface area contributed by atoms with E-state index >= 15 is 0 Å². The standard InChI is InChI=1S/C20H26N2O3S2/c1-15-8-9-16(2)18(13-15)27(24,25)19(17-7-6-12-26-17)14-21-20(23)22-10-4-3-5-11-22/h6-9,12-13,19H,3-5,10-11,14H2,1-2H3,(H,21,23)/t19-/m0/s1. The van der Waals surface area contributed by atoms with E-state index in [0.29, 0.717) is 4.90 Å². The van der Waals surface area contributed by atoms with E-state index < -0.39 is 15.1 Å². The van der Waals surface area contributed by atoms with Crippen molar-refractivity contribution in [1.29, 1.82) is 0 Å². The Kier molecular flexibility index (Phi) is 6.22. The van der Waals surface area contributed by atoms with Crippen LogP contribution in [0.3, 0.4) is 0 Å². The third-order valence-electron chi connectivity index (χ3n) is 4.97. The van der Waals surface area contributed by atoms with Crippen LogP contribution in [-0.2, 0) is 9.84 Å². The highest BCUT2D eigenvalue weighted by Crippen LogP contribution is 2.33. The molecule has 1 aromatic heterocycles. The summed E-state index contributed by atoms with van der Waals surface area (Å²) in [6.07, 6.45) is 3.15. The number of amides is 2. The third-order valence-corrected chi connectivity index (χ3v) is 8.33. The molecule has 1 saturated heterocycles. The number of nitrogens with one attached hydrogen (secondary N) is 1. The number of carbonyl (C=O) groups is 1. The molecule has 1 aliphatic heterocycles. The van der Waals surface area contributed by atoms with Gasteiger partial charge in [-0.05, 0) is 61.7 Å². The van der Waals surface area contributed by atoms with Gasteiger partial charge in [-0.15, -0.1) is 11.3 Å². The molecule has 0 radical (unpaired) electrons. The molecule has 1 atom stereocenters. The molecule has 1 N–H and O–H groups in total. The lowest BCUT2D eigenvalue weighted by Gasteiger charge is -2.28. The van der Waals surface area contributed by atoms with Crippen molar-refractivity contribution in [3.05, 3.63) is 51.7 Å². The molecule has 0 aliphatic carbocycles. The van der Waals surface area contributed by atoms with Crippen LogP contribution in [0.2, 0.25) is 0 Å². The van der Waals surface area contributed by atoms with Crippen LogP contribution in [-0.4, -0.2) is 39.0 Å². The van der Waals surface area contributed by atoms with Gasteiger partial charge in [0.05, 0.1) is 4.90 Å². The van der Waals surface area contributed by atoms with Crippen LogP contribution in [0.15, 0.2) is 40.6 Å². The molecule has 0 saturated carbocycles. The van der Waals surface area contributed by atoms with Gasteiger partial charge >= 0.3 is 6.03 Å². The van der Waals surface area contributed by atoms with Gasteiger partial charge in [-0.3, -0.25) is 0 Å². The zero-order chi connectivity index (χ0) is 19.4. The zero-order valence-corrected chi connectivity index (χ0v) is 17.4. The first-order valence-electron chi connectivity index (χ1n) is 9.27. The van der Waals surface area contributed by atoms with E-state index in [-0.39, 0.29) is 12.6 Å². The number of piperidine rings is 1. The topological polar surface area (TPSA) is 66.5 Å². The zero-order valence-electron chi connectivity index (χ0n) is 15.8. The first kappa shape index (κ1) is 19.9. The van der Waals surface area contributed by atoms with Crippen molar-refractivity contribution in [3.8, 4) is 0 Å². The van der Waals surface area contributed by atoms with E-state index in [1.807, 2.05) is 43.5 Å². The molecule has 27 heavy (non-hydrogen) atoms. The van der Waals surface area contributed by atoms with E-state index in [2.05, 4.69) is 5.32 Å². The monoisotopic (exact) mass is 406 g/mol. The Labute approximate surface area is 165 Å². The van der Waals surface area contributed by atoms with Gasteiger partial charge in [-0.2, -0.15) is 0 Å². The second kappa shape index (κ2) is 8.44. The summed E-state index contributed by atoms with van der Waals surface area (Å²) in [6.45, 7) is 5.24. The summed E-state index contributed by atoms with van der Waals surface area (Å²) in [4.78, 5) is 15.3. The van der Waals surface area contributed by atoms with Crippen LogP contribution in [0.1, 0.15) is 40.5 Å². The number of urea groups is 1. The van der Waals surface area contributed by atoms with Crippen LogP contribution in [0.4, 0.5) is 4.79 Å². The Morgan fingerprint density at radius 3 is 2.59 bits per heavy atom. The number of hydrogen-bond acceptors (Lipinski definition) is 4. The predicted molar refractivity (Wildman–Crippen MR) is 109 cm³/mol. The minimum atomic E-state index is -3.63. The molecule has 1 aliphatic rings. The van der Waals surface area contributed by atoms with Crippen molar-refractivity contribution in [2.75, 3.05) is 19.6 Å². The summed E-state index contributed by atoms with van der Waals surface area (Å²) in [5.74, 6) is 0. The van der Waals surface area contributed by atoms with E-state index in [0.717, 1.165) is 48.4 Å². The first-order chi connectivity index (χ1) is 12.9. The number of thiophene rings is 1. The van der Waals surface area contributed by atoms with Crippen molar-refractivity contribution in [3.63, 3.8) is 0 Å². The number of carbonyl (C=O) groups excluding carboxylic acids is 1. The average molecular weight is 407 g/mol. The molecule has 7 heteroatoms. The third kappa shape index (κ3) is 4.52. The number of benzene rings is 1. The maximum Gasteiger partial charge on any atom is 0.317 e. The molecule has 0 spiro atoms. The SMILES string of the molecule is Cc1ccc(C)c(S(=O)(=O)[C@@H](CNC(=O)N2CCCCC2)c2cccs2)c1. The van der Waals surface area contributed by atoms with Crippen LogP contribution in [0.5, 0.6) is 0 Å². The number of hydrogen-bond donors (Lipinski definition) is 1. The normalized spacial score (nSPS) is 16.1. The molecule has 0 unspecified atom stereocenters. The van der Waals surface area contributed by atoms with Crippen LogP contribution >= 0.6 is 11.3 Å². The number of aryl methyl sites for hydroxylation is 2. The van der Waals surface area contributed by atoms with Gasteiger partial charge in [-0.25, -0.2) is 13.2 Å².